The van der Waals surface area contributed by atoms with Gasteiger partial charge in [0, 0.05) is 5.56 Å². The summed E-state index contributed by atoms with van der Waals surface area (Å²) < 4.78 is 5.02. The quantitative estimate of drug-likeness (QED) is 0.514. The van der Waals surface area contributed by atoms with Gasteiger partial charge in [-0.1, -0.05) is 0 Å². The Hall–Kier alpha value is -2.41. The van der Waals surface area contributed by atoms with E-state index in [1.807, 2.05) is 0 Å². The number of aromatic amines is 1. The maximum absolute atomic E-state index is 11.6. The molecule has 1 aromatic carbocycles. The van der Waals surface area contributed by atoms with Crippen molar-refractivity contribution in [1.82, 2.24) is 15.2 Å². The Labute approximate surface area is 96.6 Å². The highest BCUT2D eigenvalue weighted by molar-refractivity contribution is 5.58. The molecule has 0 bridgehead atoms. The van der Waals surface area contributed by atoms with Gasteiger partial charge in [-0.3, -0.25) is 10.2 Å². The van der Waals surface area contributed by atoms with E-state index in [9.17, 15) is 4.79 Å². The molecule has 1 aromatic heterocycles. The molecule has 1 heterocycles. The van der Waals surface area contributed by atoms with Gasteiger partial charge in [0.15, 0.2) is 5.69 Å². The monoisotopic (exact) mass is 233 g/mol. The highest BCUT2D eigenvalue weighted by atomic mass is 16.5. The first-order valence-corrected chi connectivity index (χ1v) is 4.82. The lowest BCUT2D eigenvalue weighted by molar-refractivity contribution is 0.415. The van der Waals surface area contributed by atoms with E-state index >= 15 is 0 Å². The van der Waals surface area contributed by atoms with Crippen LogP contribution in [0.1, 0.15) is 0 Å². The van der Waals surface area contributed by atoms with Gasteiger partial charge in [0.05, 0.1) is 7.11 Å². The highest BCUT2D eigenvalue weighted by Gasteiger charge is 2.07. The molecule has 7 heteroatoms. The van der Waals surface area contributed by atoms with Crippen molar-refractivity contribution in [1.29, 1.82) is 0 Å². The number of nitrogens with one attached hydrogen (secondary N) is 2. The van der Waals surface area contributed by atoms with E-state index in [2.05, 4.69) is 20.6 Å². The number of rotatable bonds is 3. The second-order valence-electron chi connectivity index (χ2n) is 3.21. The van der Waals surface area contributed by atoms with Crippen LogP contribution in [0.25, 0.3) is 11.3 Å². The molecule has 2 rings (SSSR count). The molecule has 88 valence electrons. The fourth-order valence-electron chi connectivity index (χ4n) is 1.34. The number of aromatic nitrogens is 3. The van der Waals surface area contributed by atoms with Gasteiger partial charge in [-0.2, -0.15) is 10.1 Å². The zero-order chi connectivity index (χ0) is 12.3. The molecule has 4 N–H and O–H groups in total. The average molecular weight is 233 g/mol. The maximum Gasteiger partial charge on any atom is 0.301 e. The van der Waals surface area contributed by atoms with Crippen molar-refractivity contribution in [2.75, 3.05) is 12.5 Å². The molecule has 2 aromatic rings. The fourth-order valence-corrected chi connectivity index (χ4v) is 1.34. The van der Waals surface area contributed by atoms with Crippen LogP contribution in [0.3, 0.4) is 0 Å². The molecule has 0 aliphatic heterocycles. The first-order chi connectivity index (χ1) is 8.24. The van der Waals surface area contributed by atoms with Crippen LogP contribution in [0.2, 0.25) is 0 Å². The number of nitrogen functional groups attached to an aromatic ring is 1. The highest BCUT2D eigenvalue weighted by Crippen LogP contribution is 2.17. The van der Waals surface area contributed by atoms with E-state index in [1.165, 1.54) is 0 Å². The van der Waals surface area contributed by atoms with Crippen molar-refractivity contribution < 1.29 is 4.74 Å². The average Bonchev–Trinajstić information content (AvgIpc) is 2.39. The lowest BCUT2D eigenvalue weighted by atomic mass is 10.1. The second-order valence-corrected chi connectivity index (χ2v) is 3.21. The number of ether oxygens (including phenoxy) is 1. The van der Waals surface area contributed by atoms with Crippen molar-refractivity contribution in [2.45, 2.75) is 0 Å². The molecule has 0 saturated carbocycles. The van der Waals surface area contributed by atoms with Gasteiger partial charge in [-0.05, 0) is 24.3 Å². The van der Waals surface area contributed by atoms with Gasteiger partial charge in [0.25, 0.3) is 0 Å². The summed E-state index contributed by atoms with van der Waals surface area (Å²) in [7, 11) is 1.57. The molecule has 0 aliphatic carbocycles. The van der Waals surface area contributed by atoms with Crippen molar-refractivity contribution in [3.8, 4) is 17.0 Å². The summed E-state index contributed by atoms with van der Waals surface area (Å²) in [5, 5.41) is 6.42. The van der Waals surface area contributed by atoms with E-state index in [0.717, 1.165) is 0 Å². The summed E-state index contributed by atoms with van der Waals surface area (Å²) in [5.74, 6) is 5.93. The molecule has 0 aliphatic rings. The van der Waals surface area contributed by atoms with Gasteiger partial charge in [-0.25, -0.2) is 10.9 Å². The number of hydrogen-bond acceptors (Lipinski definition) is 6. The van der Waals surface area contributed by atoms with Crippen molar-refractivity contribution in [3.05, 3.63) is 34.6 Å². The smallest absolute Gasteiger partial charge is 0.301 e. The third-order valence-corrected chi connectivity index (χ3v) is 2.19. The van der Waals surface area contributed by atoms with E-state index in [0.29, 0.717) is 11.3 Å². The van der Waals surface area contributed by atoms with E-state index in [4.69, 9.17) is 10.6 Å². The third-order valence-electron chi connectivity index (χ3n) is 2.19. The maximum atomic E-state index is 11.6. The third kappa shape index (κ3) is 2.23. The molecular weight excluding hydrogens is 222 g/mol. The molecule has 17 heavy (non-hydrogen) atoms. The van der Waals surface area contributed by atoms with E-state index < -0.39 is 5.56 Å². The van der Waals surface area contributed by atoms with Crippen LogP contribution in [-0.2, 0) is 0 Å². The summed E-state index contributed by atoms with van der Waals surface area (Å²) >= 11 is 0. The number of nitrogens with two attached hydrogens (primary N) is 1. The number of nitrogens with zero attached hydrogens (tertiary/aromatic N) is 2. The lowest BCUT2D eigenvalue weighted by Gasteiger charge is -2.03. The lowest BCUT2D eigenvalue weighted by Crippen LogP contribution is -2.19. The second kappa shape index (κ2) is 4.62. The van der Waals surface area contributed by atoms with Gasteiger partial charge < -0.3 is 4.74 Å². The molecule has 0 saturated heterocycles. The molecule has 0 spiro atoms. The molecule has 0 atom stereocenters. The summed E-state index contributed by atoms with van der Waals surface area (Å²) in [4.78, 5) is 15.3. The van der Waals surface area contributed by atoms with E-state index in [1.54, 1.807) is 31.4 Å². The first kappa shape index (κ1) is 11.1. The van der Waals surface area contributed by atoms with Crippen LogP contribution in [0.15, 0.2) is 29.1 Å². The van der Waals surface area contributed by atoms with Gasteiger partial charge in [0.1, 0.15) is 5.75 Å². The summed E-state index contributed by atoms with van der Waals surface area (Å²) in [5.41, 5.74) is 2.64. The van der Waals surface area contributed by atoms with Gasteiger partial charge in [-0.15, -0.1) is 0 Å². The van der Waals surface area contributed by atoms with Crippen molar-refractivity contribution >= 4 is 5.95 Å². The SMILES string of the molecule is COc1ccc(-c2n[nH]c(NN)nc2=O)cc1. The Morgan fingerprint density at radius 2 is 2.06 bits per heavy atom. The fraction of sp³-hybridized carbons (Fsp3) is 0.100. The number of H-pyrrole nitrogens is 1. The Balaban J connectivity index is 2.42. The Kier molecular flexibility index (Phi) is 3.01. The zero-order valence-corrected chi connectivity index (χ0v) is 9.10. The van der Waals surface area contributed by atoms with Crippen LogP contribution in [0.5, 0.6) is 5.75 Å². The summed E-state index contributed by atoms with van der Waals surface area (Å²) in [6, 6.07) is 6.94. The minimum atomic E-state index is -0.457. The molecular formula is C10H11N5O2. The normalized spacial score (nSPS) is 10.0. The number of anilines is 1. The molecule has 0 unspecified atom stereocenters. The predicted octanol–water partition coefficient (Wildman–Crippen LogP) is 0.126. The summed E-state index contributed by atoms with van der Waals surface area (Å²) in [6.45, 7) is 0. The Morgan fingerprint density at radius 3 is 2.59 bits per heavy atom. The molecule has 0 fully saturated rings. The van der Waals surface area contributed by atoms with Gasteiger partial charge >= 0.3 is 5.56 Å². The largest absolute Gasteiger partial charge is 0.497 e. The number of methoxy groups -OCH3 is 1. The van der Waals surface area contributed by atoms with Crippen LogP contribution < -0.4 is 21.6 Å². The number of hydrazine groups is 1. The molecule has 0 radical (unpaired) electrons. The number of benzene rings is 1. The summed E-state index contributed by atoms with van der Waals surface area (Å²) in [6.07, 6.45) is 0. The van der Waals surface area contributed by atoms with Crippen LogP contribution in [0.4, 0.5) is 5.95 Å². The standard InChI is InChI=1S/C10H11N5O2/c1-17-7-4-2-6(3-5-7)8-9(16)12-10(13-11)15-14-8/h2-5H,11H2,1H3,(H2,12,13,15,16). The Bertz CT molecular complexity index is 564. The topological polar surface area (TPSA) is 106 Å². The minimum absolute atomic E-state index is 0.118. The Morgan fingerprint density at radius 1 is 1.35 bits per heavy atom. The predicted molar refractivity (Wildman–Crippen MR) is 62.5 cm³/mol. The van der Waals surface area contributed by atoms with Crippen LogP contribution in [0, 0.1) is 0 Å². The first-order valence-electron chi connectivity index (χ1n) is 4.82. The molecule has 7 nitrogen and oxygen atoms in total. The van der Waals surface area contributed by atoms with Gasteiger partial charge in [0.2, 0.25) is 5.95 Å². The van der Waals surface area contributed by atoms with E-state index in [-0.39, 0.29) is 11.6 Å². The van der Waals surface area contributed by atoms with Crippen LogP contribution in [-0.4, -0.2) is 22.3 Å². The minimum Gasteiger partial charge on any atom is -0.497 e. The molecule has 0 amide bonds. The number of hydrogen-bond donors (Lipinski definition) is 3. The van der Waals surface area contributed by atoms with Crippen LogP contribution >= 0.6 is 0 Å². The zero-order valence-electron chi connectivity index (χ0n) is 9.10. The van der Waals surface area contributed by atoms with Crippen molar-refractivity contribution in [3.63, 3.8) is 0 Å². The van der Waals surface area contributed by atoms with Crippen molar-refractivity contribution in [2.24, 2.45) is 5.84 Å².